The summed E-state index contributed by atoms with van der Waals surface area (Å²) in [4.78, 5) is 31.2. The van der Waals surface area contributed by atoms with Crippen LogP contribution in [0.3, 0.4) is 0 Å². The van der Waals surface area contributed by atoms with E-state index in [9.17, 15) is 18.4 Å². The maximum atomic E-state index is 14.3. The van der Waals surface area contributed by atoms with Crippen molar-refractivity contribution < 1.29 is 8.78 Å². The molecule has 2 aromatic heterocycles. The maximum Gasteiger partial charge on any atom is 0.332 e. The van der Waals surface area contributed by atoms with Gasteiger partial charge in [-0.05, 0) is 26.0 Å². The van der Waals surface area contributed by atoms with Crippen LogP contribution >= 0.6 is 0 Å². The zero-order valence-corrected chi connectivity index (χ0v) is 18.9. The Kier molecular flexibility index (Phi) is 5.15. The summed E-state index contributed by atoms with van der Waals surface area (Å²) in [5.74, 6) is -0.553. The van der Waals surface area contributed by atoms with Crippen molar-refractivity contribution >= 4 is 22.8 Å². The lowest BCUT2D eigenvalue weighted by molar-refractivity contribution is 0.579. The van der Waals surface area contributed by atoms with Gasteiger partial charge in [0.15, 0.2) is 11.2 Å². The number of imidazole rings is 1. The van der Waals surface area contributed by atoms with E-state index in [-0.39, 0.29) is 41.7 Å². The summed E-state index contributed by atoms with van der Waals surface area (Å²) < 4.78 is 32.6. The van der Waals surface area contributed by atoms with Gasteiger partial charge in [0.2, 0.25) is 5.95 Å². The third kappa shape index (κ3) is 3.33. The van der Waals surface area contributed by atoms with E-state index >= 15 is 0 Å². The Labute approximate surface area is 193 Å². The van der Waals surface area contributed by atoms with Crippen LogP contribution in [0.25, 0.3) is 11.2 Å². The van der Waals surface area contributed by atoms with Crippen LogP contribution in [0, 0.1) is 11.6 Å². The first kappa shape index (κ1) is 21.7. The summed E-state index contributed by atoms with van der Waals surface area (Å²) in [5, 5.41) is 6.10. The normalized spacial score (nSPS) is 15.5. The second-order valence-corrected chi connectivity index (χ2v) is 8.34. The molecule has 0 N–H and O–H groups in total. The molecule has 0 saturated carbocycles. The fourth-order valence-corrected chi connectivity index (χ4v) is 4.21. The van der Waals surface area contributed by atoms with E-state index in [4.69, 9.17) is 0 Å². The second-order valence-electron chi connectivity index (χ2n) is 8.34. The van der Waals surface area contributed by atoms with E-state index in [0.29, 0.717) is 17.2 Å². The molecule has 0 bridgehead atoms. The molecule has 4 aromatic rings. The van der Waals surface area contributed by atoms with Crippen LogP contribution in [0.1, 0.15) is 31.0 Å². The largest absolute Gasteiger partial charge is 0.332 e. The van der Waals surface area contributed by atoms with Gasteiger partial charge in [0.25, 0.3) is 5.56 Å². The maximum absolute atomic E-state index is 14.3. The molecule has 174 valence electrons. The standard InChI is InChI=1S/C24H22F2N6O2/c1-14-15(2)32-20-21(27-23(32)31(28-14)13-17-9-5-7-11-19(17)26)29(3)24(34)30(22(20)33)12-16-8-4-6-10-18(16)25/h4-11,15H,12-13H2,1-3H3/t15-/m0/s1. The number of hydrogen-bond acceptors (Lipinski definition) is 5. The first-order valence-electron chi connectivity index (χ1n) is 10.8. The molecule has 0 saturated heterocycles. The number of nitrogens with zero attached hydrogens (tertiary/aromatic N) is 6. The van der Waals surface area contributed by atoms with E-state index in [1.54, 1.807) is 34.9 Å². The molecule has 0 aliphatic carbocycles. The fraction of sp³-hybridized carbons (Fsp3) is 0.250. The molecule has 0 amide bonds. The summed E-state index contributed by atoms with van der Waals surface area (Å²) in [6.07, 6.45) is 0. The number of fused-ring (bicyclic) bond motifs is 3. The van der Waals surface area contributed by atoms with Gasteiger partial charge >= 0.3 is 5.69 Å². The quantitative estimate of drug-likeness (QED) is 0.465. The van der Waals surface area contributed by atoms with Crippen molar-refractivity contribution in [2.75, 3.05) is 5.01 Å². The molecule has 3 heterocycles. The van der Waals surface area contributed by atoms with Gasteiger partial charge in [0, 0.05) is 18.2 Å². The summed E-state index contributed by atoms with van der Waals surface area (Å²) in [6, 6.07) is 12.0. The molecule has 1 aliphatic rings. The highest BCUT2D eigenvalue weighted by Crippen LogP contribution is 2.31. The molecular weight excluding hydrogens is 442 g/mol. The Bertz CT molecular complexity index is 1580. The Morgan fingerprint density at radius 2 is 1.53 bits per heavy atom. The number of hydrogen-bond donors (Lipinski definition) is 0. The number of aryl methyl sites for hydroxylation is 1. The van der Waals surface area contributed by atoms with Crippen molar-refractivity contribution in [3.8, 4) is 0 Å². The molecule has 34 heavy (non-hydrogen) atoms. The lowest BCUT2D eigenvalue weighted by atomic mass is 10.2. The fourth-order valence-electron chi connectivity index (χ4n) is 4.21. The summed E-state index contributed by atoms with van der Waals surface area (Å²) in [6.45, 7) is 3.57. The molecule has 0 spiro atoms. The Morgan fingerprint density at radius 1 is 0.941 bits per heavy atom. The number of halogens is 2. The third-order valence-electron chi connectivity index (χ3n) is 6.22. The summed E-state index contributed by atoms with van der Waals surface area (Å²) in [7, 11) is 1.51. The lowest BCUT2D eigenvalue weighted by Gasteiger charge is -2.29. The number of anilines is 1. The van der Waals surface area contributed by atoms with Crippen LogP contribution < -0.4 is 16.3 Å². The minimum absolute atomic E-state index is 0.0947. The number of aromatic nitrogens is 4. The van der Waals surface area contributed by atoms with Gasteiger partial charge in [-0.3, -0.25) is 18.5 Å². The number of rotatable bonds is 4. The van der Waals surface area contributed by atoms with Crippen molar-refractivity contribution in [1.82, 2.24) is 18.7 Å². The van der Waals surface area contributed by atoms with Crippen molar-refractivity contribution in [2.45, 2.75) is 33.0 Å². The van der Waals surface area contributed by atoms with Gasteiger partial charge in [-0.25, -0.2) is 18.6 Å². The highest BCUT2D eigenvalue weighted by molar-refractivity contribution is 5.91. The molecule has 10 heteroatoms. The van der Waals surface area contributed by atoms with Crippen LogP contribution in [0.15, 0.2) is 63.2 Å². The van der Waals surface area contributed by atoms with Gasteiger partial charge in [-0.2, -0.15) is 10.1 Å². The molecular formula is C24H22F2N6O2. The van der Waals surface area contributed by atoms with Gasteiger partial charge in [-0.1, -0.05) is 36.4 Å². The van der Waals surface area contributed by atoms with E-state index in [2.05, 4.69) is 10.1 Å². The first-order valence-corrected chi connectivity index (χ1v) is 10.8. The average Bonchev–Trinajstić information content (AvgIpc) is 3.23. The molecule has 2 aromatic carbocycles. The van der Waals surface area contributed by atoms with E-state index < -0.39 is 17.1 Å². The van der Waals surface area contributed by atoms with Crippen LogP contribution in [0.5, 0.6) is 0 Å². The highest BCUT2D eigenvalue weighted by atomic mass is 19.1. The van der Waals surface area contributed by atoms with Gasteiger partial charge in [-0.15, -0.1) is 0 Å². The minimum atomic E-state index is -0.609. The molecule has 5 rings (SSSR count). The zero-order valence-electron chi connectivity index (χ0n) is 18.9. The summed E-state index contributed by atoms with van der Waals surface area (Å²) in [5.41, 5.74) is 0.537. The molecule has 8 nitrogen and oxygen atoms in total. The molecule has 0 fully saturated rings. The van der Waals surface area contributed by atoms with Crippen molar-refractivity contribution in [3.05, 3.63) is 92.1 Å². The smallest absolute Gasteiger partial charge is 0.294 e. The van der Waals surface area contributed by atoms with Gasteiger partial charge in [0.05, 0.1) is 24.8 Å². The molecule has 1 atom stereocenters. The predicted molar refractivity (Wildman–Crippen MR) is 125 cm³/mol. The van der Waals surface area contributed by atoms with E-state index in [1.807, 2.05) is 13.8 Å². The Balaban J connectivity index is 1.71. The van der Waals surface area contributed by atoms with Gasteiger partial charge in [0.1, 0.15) is 11.6 Å². The second kappa shape index (κ2) is 8.05. The van der Waals surface area contributed by atoms with Crippen molar-refractivity contribution in [1.29, 1.82) is 0 Å². The number of benzene rings is 2. The van der Waals surface area contributed by atoms with Crippen LogP contribution in [0.2, 0.25) is 0 Å². The van der Waals surface area contributed by atoms with Crippen molar-refractivity contribution in [3.63, 3.8) is 0 Å². The highest BCUT2D eigenvalue weighted by Gasteiger charge is 2.31. The van der Waals surface area contributed by atoms with E-state index in [1.165, 1.54) is 34.8 Å². The average molecular weight is 464 g/mol. The Hall–Kier alpha value is -4.08. The number of hydrazone groups is 1. The third-order valence-corrected chi connectivity index (χ3v) is 6.22. The lowest BCUT2D eigenvalue weighted by Crippen LogP contribution is -2.40. The summed E-state index contributed by atoms with van der Waals surface area (Å²) >= 11 is 0. The zero-order chi connectivity index (χ0) is 24.1. The first-order chi connectivity index (χ1) is 16.3. The van der Waals surface area contributed by atoms with E-state index in [0.717, 1.165) is 4.57 Å². The van der Waals surface area contributed by atoms with Crippen LogP contribution in [0.4, 0.5) is 14.7 Å². The predicted octanol–water partition coefficient (Wildman–Crippen LogP) is 3.18. The van der Waals surface area contributed by atoms with Crippen LogP contribution in [-0.2, 0) is 20.1 Å². The molecule has 0 radical (unpaired) electrons. The van der Waals surface area contributed by atoms with Gasteiger partial charge < -0.3 is 0 Å². The van der Waals surface area contributed by atoms with Crippen LogP contribution in [-0.4, -0.2) is 24.4 Å². The molecule has 0 unspecified atom stereocenters. The Morgan fingerprint density at radius 3 is 2.15 bits per heavy atom. The minimum Gasteiger partial charge on any atom is -0.294 e. The molecule has 1 aliphatic heterocycles. The monoisotopic (exact) mass is 464 g/mol. The van der Waals surface area contributed by atoms with Crippen molar-refractivity contribution in [2.24, 2.45) is 12.1 Å². The topological polar surface area (TPSA) is 77.4 Å². The SMILES string of the molecule is CC1=NN(Cc2ccccc2F)c2nc3c(c(=O)n(Cc4ccccc4F)c(=O)n3C)n2[C@H]1C.